The van der Waals surface area contributed by atoms with Crippen LogP contribution >= 0.6 is 11.8 Å². The number of nitrogens with two attached hydrogens (primary N) is 1. The Hall–Kier alpha value is -1.26. The van der Waals surface area contributed by atoms with E-state index in [9.17, 15) is 0 Å². The molecule has 32 heavy (non-hydrogen) atoms. The molecule has 9 N–H and O–H groups in total. The summed E-state index contributed by atoms with van der Waals surface area (Å²) in [5.74, 6) is 0. The van der Waals surface area contributed by atoms with Crippen LogP contribution in [0.5, 0.6) is 0 Å². The Morgan fingerprint density at radius 1 is 0.781 bits per heavy atom. The first-order valence-corrected chi connectivity index (χ1v) is 12.4. The van der Waals surface area contributed by atoms with E-state index in [2.05, 4.69) is 54.8 Å². The van der Waals surface area contributed by atoms with Gasteiger partial charge in [0.05, 0.1) is 11.1 Å². The second kappa shape index (κ2) is 13.4. The van der Waals surface area contributed by atoms with Gasteiger partial charge in [0.15, 0.2) is 0 Å². The van der Waals surface area contributed by atoms with Crippen LogP contribution in [0.4, 0.5) is 0 Å². The summed E-state index contributed by atoms with van der Waals surface area (Å²) in [5, 5.41) is 36.4. The van der Waals surface area contributed by atoms with E-state index in [1.807, 2.05) is 12.1 Å². The van der Waals surface area contributed by atoms with E-state index >= 15 is 0 Å². The lowest BCUT2D eigenvalue weighted by atomic mass is 9.97. The Bertz CT molecular complexity index is 663. The minimum absolute atomic E-state index is 0.133. The summed E-state index contributed by atoms with van der Waals surface area (Å²) in [6.07, 6.45) is 0. The van der Waals surface area contributed by atoms with Crippen LogP contribution < -0.4 is 43.0 Å². The molecule has 4 rings (SSSR count). The average Bonchev–Trinajstić information content (AvgIpc) is 2.80. The van der Waals surface area contributed by atoms with Crippen molar-refractivity contribution in [3.05, 3.63) is 29.8 Å². The molecule has 0 saturated carbocycles. The van der Waals surface area contributed by atoms with Crippen LogP contribution in [-0.4, -0.2) is 89.6 Å². The summed E-state index contributed by atoms with van der Waals surface area (Å²) >= 11 is 1.19. The molecule has 0 atom stereocenters. The van der Waals surface area contributed by atoms with Crippen LogP contribution in [0.15, 0.2) is 29.2 Å². The third-order valence-corrected chi connectivity index (χ3v) is 6.61. The summed E-state index contributed by atoms with van der Waals surface area (Å²) < 4.78 is 0. The van der Waals surface area contributed by atoms with Crippen molar-refractivity contribution in [2.45, 2.75) is 22.5 Å². The fraction of sp³-hybridized carbons (Fsp3) is 0.682. The van der Waals surface area contributed by atoms with E-state index in [0.717, 1.165) is 90.0 Å². The molecule has 0 amide bonds. The number of thioether (sulfide) groups is 1. The zero-order chi connectivity index (χ0) is 22.5. The van der Waals surface area contributed by atoms with Gasteiger partial charge >= 0.3 is 0 Å². The minimum Gasteiger partial charge on any atom is -0.322 e. The van der Waals surface area contributed by atoms with Crippen molar-refractivity contribution in [2.75, 3.05) is 78.5 Å². The predicted molar refractivity (Wildman–Crippen MR) is 132 cm³/mol. The lowest BCUT2D eigenvalue weighted by Gasteiger charge is -2.37. The maximum absolute atomic E-state index is 8.86. The SMILES string of the molecule is N#CSc1ccc(CNC23CNCCNCC(N)(CNCCNC2)CNCCNC3)cc1. The molecule has 2 bridgehead atoms. The molecule has 0 radical (unpaired) electrons. The predicted octanol–water partition coefficient (Wildman–Crippen LogP) is -1.65. The van der Waals surface area contributed by atoms with Crippen molar-refractivity contribution in [3.8, 4) is 5.40 Å². The summed E-state index contributed by atoms with van der Waals surface area (Å²) in [6.45, 7) is 11.0. The normalized spacial score (nSPS) is 29.0. The first-order chi connectivity index (χ1) is 15.6. The molecule has 3 fully saturated rings. The lowest BCUT2D eigenvalue weighted by Crippen LogP contribution is -2.66. The third kappa shape index (κ3) is 8.59. The van der Waals surface area contributed by atoms with Gasteiger partial charge in [-0.25, -0.2) is 0 Å². The topological polar surface area (TPSA) is 134 Å². The summed E-state index contributed by atoms with van der Waals surface area (Å²) in [6, 6.07) is 8.22. The molecule has 1 aromatic rings. The maximum Gasteiger partial charge on any atom is 0.138 e. The molecule has 1 aromatic carbocycles. The monoisotopic (exact) mass is 461 g/mol. The Morgan fingerprint density at radius 3 is 1.66 bits per heavy atom. The Labute approximate surface area is 196 Å². The molecule has 3 aliphatic heterocycles. The van der Waals surface area contributed by atoms with Crippen LogP contribution in [0.2, 0.25) is 0 Å². The maximum atomic E-state index is 8.86. The van der Waals surface area contributed by atoms with Crippen LogP contribution in [0, 0.1) is 10.7 Å². The van der Waals surface area contributed by atoms with E-state index < -0.39 is 0 Å². The van der Waals surface area contributed by atoms with Gasteiger partial charge in [0.25, 0.3) is 0 Å². The largest absolute Gasteiger partial charge is 0.322 e. The van der Waals surface area contributed by atoms with E-state index in [1.54, 1.807) is 0 Å². The fourth-order valence-corrected chi connectivity index (χ4v) is 4.48. The molecule has 10 heteroatoms. The van der Waals surface area contributed by atoms with Gasteiger partial charge in [-0.2, -0.15) is 5.26 Å². The number of nitrogens with one attached hydrogen (secondary N) is 7. The second-order valence-corrected chi connectivity index (χ2v) is 9.75. The average molecular weight is 462 g/mol. The van der Waals surface area contributed by atoms with Crippen molar-refractivity contribution in [2.24, 2.45) is 5.73 Å². The zero-order valence-corrected chi connectivity index (χ0v) is 19.8. The van der Waals surface area contributed by atoms with Gasteiger partial charge in [0, 0.05) is 90.0 Å². The molecular formula is C22H39N9S. The van der Waals surface area contributed by atoms with Gasteiger partial charge in [0.1, 0.15) is 5.40 Å². The Kier molecular flexibility index (Phi) is 10.7. The molecule has 0 aromatic heterocycles. The van der Waals surface area contributed by atoms with Crippen LogP contribution in [-0.2, 0) is 6.54 Å². The van der Waals surface area contributed by atoms with Gasteiger partial charge in [-0.05, 0) is 29.5 Å². The van der Waals surface area contributed by atoms with E-state index in [0.29, 0.717) is 0 Å². The first kappa shape index (κ1) is 25.4. The first-order valence-electron chi connectivity index (χ1n) is 11.6. The van der Waals surface area contributed by atoms with Crippen molar-refractivity contribution in [1.29, 1.82) is 5.26 Å². The van der Waals surface area contributed by atoms with Crippen LogP contribution in [0.1, 0.15) is 5.56 Å². The molecular weight excluding hydrogens is 422 g/mol. The molecule has 3 saturated heterocycles. The number of hydrogen-bond acceptors (Lipinski definition) is 10. The number of nitrogens with zero attached hydrogens (tertiary/aromatic N) is 1. The zero-order valence-electron chi connectivity index (χ0n) is 18.9. The Morgan fingerprint density at radius 2 is 1.22 bits per heavy atom. The highest BCUT2D eigenvalue weighted by Gasteiger charge is 2.30. The molecule has 3 aliphatic rings. The number of benzene rings is 1. The summed E-state index contributed by atoms with van der Waals surface area (Å²) in [5.41, 5.74) is 7.44. The number of rotatable bonds is 4. The van der Waals surface area contributed by atoms with E-state index in [4.69, 9.17) is 11.0 Å². The quantitative estimate of drug-likeness (QED) is 0.195. The van der Waals surface area contributed by atoms with Crippen molar-refractivity contribution >= 4 is 11.8 Å². The molecule has 178 valence electrons. The van der Waals surface area contributed by atoms with Gasteiger partial charge in [-0.1, -0.05) is 12.1 Å². The van der Waals surface area contributed by atoms with Gasteiger partial charge in [-0.15, -0.1) is 0 Å². The highest BCUT2D eigenvalue weighted by Crippen LogP contribution is 2.17. The van der Waals surface area contributed by atoms with Crippen molar-refractivity contribution < 1.29 is 0 Å². The molecule has 0 aliphatic carbocycles. The van der Waals surface area contributed by atoms with Gasteiger partial charge in [0.2, 0.25) is 0 Å². The summed E-state index contributed by atoms with van der Waals surface area (Å²) in [4.78, 5) is 0.976. The van der Waals surface area contributed by atoms with E-state index in [1.165, 1.54) is 17.3 Å². The second-order valence-electron chi connectivity index (χ2n) is 8.89. The number of nitriles is 1. The highest BCUT2D eigenvalue weighted by molar-refractivity contribution is 8.03. The van der Waals surface area contributed by atoms with Gasteiger partial charge < -0.3 is 43.0 Å². The molecule has 3 heterocycles. The fourth-order valence-electron chi connectivity index (χ4n) is 4.11. The highest BCUT2D eigenvalue weighted by atomic mass is 32.2. The van der Waals surface area contributed by atoms with Crippen molar-refractivity contribution in [1.82, 2.24) is 37.2 Å². The van der Waals surface area contributed by atoms with Crippen molar-refractivity contribution in [3.63, 3.8) is 0 Å². The lowest BCUT2D eigenvalue weighted by molar-refractivity contribution is 0.269. The smallest absolute Gasteiger partial charge is 0.138 e. The third-order valence-electron chi connectivity index (χ3n) is 6.01. The number of fused-ring (bicyclic) bond motifs is 15. The number of hydrogen-bond donors (Lipinski definition) is 8. The number of thiocyanates is 1. The van der Waals surface area contributed by atoms with Gasteiger partial charge in [-0.3, -0.25) is 0 Å². The standard InChI is InChI=1S/C22H39N9S/c23-18-32-20-3-1-19(2-4-20)11-31-22-15-28-8-5-25-12-21(24,13-26-6-9-29-16-22)14-27-7-10-30-17-22/h1-4,25-31H,5-17,24H2. The molecule has 0 spiro atoms. The minimum atomic E-state index is -0.305. The van der Waals surface area contributed by atoms with E-state index in [-0.39, 0.29) is 11.1 Å². The molecule has 0 unspecified atom stereocenters. The summed E-state index contributed by atoms with van der Waals surface area (Å²) in [7, 11) is 0. The van der Waals surface area contributed by atoms with Crippen LogP contribution in [0.3, 0.4) is 0 Å². The van der Waals surface area contributed by atoms with Crippen LogP contribution in [0.25, 0.3) is 0 Å². The molecule has 9 nitrogen and oxygen atoms in total. The Balaban J connectivity index is 1.69.